The third kappa shape index (κ3) is 1.81. The number of benzene rings is 1. The van der Waals surface area contributed by atoms with E-state index in [1.54, 1.807) is 11.1 Å². The summed E-state index contributed by atoms with van der Waals surface area (Å²) in [4.78, 5) is 2.38. The minimum atomic E-state index is 0.653. The fourth-order valence-electron chi connectivity index (χ4n) is 3.26. The number of hydrogen-bond acceptors (Lipinski definition) is 1. The van der Waals surface area contributed by atoms with Crippen LogP contribution < -0.4 is 0 Å². The molecule has 0 saturated heterocycles. The molecule has 0 amide bonds. The minimum Gasteiger partial charge on any atom is -0.306 e. The van der Waals surface area contributed by atoms with Gasteiger partial charge in [-0.2, -0.15) is 0 Å². The van der Waals surface area contributed by atoms with Crippen molar-refractivity contribution in [1.29, 1.82) is 0 Å². The molecule has 1 aromatic carbocycles. The monoisotopic (exact) mass is 203 g/mol. The molecule has 3 unspecified atom stereocenters. The maximum Gasteiger partial charge on any atom is 0.0184 e. The first-order chi connectivity index (χ1) is 7.11. The van der Waals surface area contributed by atoms with Gasteiger partial charge in [0.1, 0.15) is 0 Å². The molecule has 0 heterocycles. The smallest absolute Gasteiger partial charge is 0.0184 e. The predicted octanol–water partition coefficient (Wildman–Crippen LogP) is 2.91. The summed E-state index contributed by atoms with van der Waals surface area (Å²) >= 11 is 0. The zero-order chi connectivity index (χ0) is 11.0. The number of rotatable bonds is 1. The lowest BCUT2D eigenvalue weighted by Gasteiger charge is -2.40. The zero-order valence-electron chi connectivity index (χ0n) is 10.2. The Morgan fingerprint density at radius 1 is 1.13 bits per heavy atom. The van der Waals surface area contributed by atoms with E-state index in [1.807, 2.05) is 0 Å². The number of nitrogens with zero attached hydrogens (tertiary/aromatic N) is 1. The van der Waals surface area contributed by atoms with E-state index in [4.69, 9.17) is 0 Å². The Morgan fingerprint density at radius 3 is 2.47 bits per heavy atom. The maximum atomic E-state index is 2.38. The van der Waals surface area contributed by atoms with Gasteiger partial charge < -0.3 is 4.90 Å². The Labute approximate surface area is 93.1 Å². The average Bonchev–Trinajstić information content (AvgIpc) is 2.17. The van der Waals surface area contributed by atoms with Crippen LogP contribution in [0.15, 0.2) is 24.3 Å². The van der Waals surface area contributed by atoms with Gasteiger partial charge in [-0.05, 0) is 43.5 Å². The van der Waals surface area contributed by atoms with Crippen LogP contribution >= 0.6 is 0 Å². The lowest BCUT2D eigenvalue weighted by molar-refractivity contribution is 0.179. The summed E-state index contributed by atoms with van der Waals surface area (Å²) < 4.78 is 0. The summed E-state index contributed by atoms with van der Waals surface area (Å²) in [5.41, 5.74) is 3.10. The van der Waals surface area contributed by atoms with Crippen molar-refractivity contribution in [2.45, 2.75) is 32.2 Å². The molecule has 15 heavy (non-hydrogen) atoms. The Hall–Kier alpha value is -0.820. The first-order valence-corrected chi connectivity index (χ1v) is 5.85. The summed E-state index contributed by atoms with van der Waals surface area (Å²) in [6.45, 7) is 4.73. The van der Waals surface area contributed by atoms with Gasteiger partial charge in [0.15, 0.2) is 0 Å². The zero-order valence-corrected chi connectivity index (χ0v) is 10.2. The summed E-state index contributed by atoms with van der Waals surface area (Å²) in [5.74, 6) is 1.41. The van der Waals surface area contributed by atoms with Crippen LogP contribution in [0, 0.1) is 5.92 Å². The second-order valence-electron chi connectivity index (χ2n) is 5.12. The molecule has 0 aliphatic heterocycles. The highest BCUT2D eigenvalue weighted by Crippen LogP contribution is 2.36. The fourth-order valence-corrected chi connectivity index (χ4v) is 3.26. The van der Waals surface area contributed by atoms with Gasteiger partial charge in [-0.15, -0.1) is 0 Å². The van der Waals surface area contributed by atoms with Gasteiger partial charge in [0.05, 0.1) is 0 Å². The number of likely N-dealkylation sites (N-methyl/N-ethyl adjacent to an activating group) is 1. The molecule has 0 saturated carbocycles. The number of fused-ring (bicyclic) bond motifs is 1. The van der Waals surface area contributed by atoms with E-state index >= 15 is 0 Å². The largest absolute Gasteiger partial charge is 0.306 e. The molecule has 2 rings (SSSR count). The molecule has 0 bridgehead atoms. The SMILES string of the molecule is CC1Cc2ccccc2C(C)C1N(C)C. The van der Waals surface area contributed by atoms with Crippen molar-refractivity contribution in [3.05, 3.63) is 35.4 Å². The molecule has 1 heteroatoms. The van der Waals surface area contributed by atoms with Gasteiger partial charge >= 0.3 is 0 Å². The van der Waals surface area contributed by atoms with E-state index in [0.29, 0.717) is 12.0 Å². The predicted molar refractivity (Wildman–Crippen MR) is 65.2 cm³/mol. The lowest BCUT2D eigenvalue weighted by Crippen LogP contribution is -2.42. The Morgan fingerprint density at radius 2 is 1.80 bits per heavy atom. The van der Waals surface area contributed by atoms with E-state index in [9.17, 15) is 0 Å². The Kier molecular flexibility index (Phi) is 2.83. The number of hydrogen-bond donors (Lipinski definition) is 0. The van der Waals surface area contributed by atoms with Crippen LogP contribution in [-0.2, 0) is 6.42 Å². The van der Waals surface area contributed by atoms with Crippen LogP contribution in [0.5, 0.6) is 0 Å². The second kappa shape index (κ2) is 3.97. The molecule has 1 aromatic rings. The van der Waals surface area contributed by atoms with Crippen LogP contribution in [0.2, 0.25) is 0 Å². The topological polar surface area (TPSA) is 3.24 Å². The van der Waals surface area contributed by atoms with E-state index in [0.717, 1.165) is 5.92 Å². The van der Waals surface area contributed by atoms with E-state index in [2.05, 4.69) is 57.1 Å². The van der Waals surface area contributed by atoms with Crippen molar-refractivity contribution in [3.8, 4) is 0 Å². The fraction of sp³-hybridized carbons (Fsp3) is 0.571. The molecule has 3 atom stereocenters. The third-order valence-corrected chi connectivity index (χ3v) is 3.78. The van der Waals surface area contributed by atoms with Gasteiger partial charge in [-0.1, -0.05) is 38.1 Å². The molecule has 1 nitrogen and oxygen atoms in total. The minimum absolute atomic E-state index is 0.653. The van der Waals surface area contributed by atoms with Crippen molar-refractivity contribution < 1.29 is 0 Å². The molecule has 0 fully saturated rings. The highest BCUT2D eigenvalue weighted by atomic mass is 15.1. The van der Waals surface area contributed by atoms with Crippen molar-refractivity contribution >= 4 is 0 Å². The first kappa shape index (κ1) is 10.7. The van der Waals surface area contributed by atoms with Crippen molar-refractivity contribution in [3.63, 3.8) is 0 Å². The lowest BCUT2D eigenvalue weighted by atomic mass is 9.74. The molecule has 1 aliphatic carbocycles. The first-order valence-electron chi connectivity index (χ1n) is 5.85. The highest BCUT2D eigenvalue weighted by Gasteiger charge is 2.32. The quantitative estimate of drug-likeness (QED) is 0.678. The highest BCUT2D eigenvalue weighted by molar-refractivity contribution is 5.34. The van der Waals surface area contributed by atoms with E-state index in [1.165, 1.54) is 6.42 Å². The Bertz CT molecular complexity index is 343. The normalized spacial score (nSPS) is 30.3. The molecule has 82 valence electrons. The van der Waals surface area contributed by atoms with Gasteiger partial charge in [0, 0.05) is 6.04 Å². The molecular weight excluding hydrogens is 182 g/mol. The van der Waals surface area contributed by atoms with Crippen LogP contribution in [0.3, 0.4) is 0 Å². The molecule has 1 aliphatic rings. The molecule has 0 aromatic heterocycles. The molecule has 0 radical (unpaired) electrons. The van der Waals surface area contributed by atoms with Gasteiger partial charge in [-0.3, -0.25) is 0 Å². The second-order valence-corrected chi connectivity index (χ2v) is 5.12. The molecular formula is C14H21N. The van der Waals surface area contributed by atoms with Gasteiger partial charge in [-0.25, -0.2) is 0 Å². The van der Waals surface area contributed by atoms with Gasteiger partial charge in [0.25, 0.3) is 0 Å². The summed E-state index contributed by atoms with van der Waals surface area (Å²) in [6.07, 6.45) is 1.23. The summed E-state index contributed by atoms with van der Waals surface area (Å²) in [6, 6.07) is 9.59. The Balaban J connectivity index is 2.38. The van der Waals surface area contributed by atoms with Crippen LogP contribution in [0.25, 0.3) is 0 Å². The molecule has 0 N–H and O–H groups in total. The average molecular weight is 203 g/mol. The van der Waals surface area contributed by atoms with Crippen molar-refractivity contribution in [2.24, 2.45) is 5.92 Å². The van der Waals surface area contributed by atoms with Crippen LogP contribution in [0.4, 0.5) is 0 Å². The van der Waals surface area contributed by atoms with E-state index in [-0.39, 0.29) is 0 Å². The summed E-state index contributed by atoms with van der Waals surface area (Å²) in [5, 5.41) is 0. The van der Waals surface area contributed by atoms with Crippen LogP contribution in [0.1, 0.15) is 30.9 Å². The third-order valence-electron chi connectivity index (χ3n) is 3.78. The van der Waals surface area contributed by atoms with Gasteiger partial charge in [0.2, 0.25) is 0 Å². The van der Waals surface area contributed by atoms with Crippen LogP contribution in [-0.4, -0.2) is 25.0 Å². The molecule has 0 spiro atoms. The van der Waals surface area contributed by atoms with Crippen molar-refractivity contribution in [2.75, 3.05) is 14.1 Å². The van der Waals surface area contributed by atoms with Crippen molar-refractivity contribution in [1.82, 2.24) is 4.90 Å². The standard InChI is InChI=1S/C14H21N/c1-10-9-12-7-5-6-8-13(12)11(2)14(10)15(3)4/h5-8,10-11,14H,9H2,1-4H3. The summed E-state index contributed by atoms with van der Waals surface area (Å²) in [7, 11) is 4.40. The maximum absolute atomic E-state index is 2.38. The van der Waals surface area contributed by atoms with E-state index < -0.39 is 0 Å².